The van der Waals surface area contributed by atoms with E-state index < -0.39 is 0 Å². The monoisotopic (exact) mass is 310 g/mol. The first-order chi connectivity index (χ1) is 11.6. The number of hydrogen-bond acceptors (Lipinski definition) is 0. The molecule has 24 heavy (non-hydrogen) atoms. The molecule has 4 aromatic rings. The van der Waals surface area contributed by atoms with Crippen LogP contribution in [0, 0.1) is 27.7 Å². The van der Waals surface area contributed by atoms with E-state index in [2.05, 4.69) is 88.4 Å². The van der Waals surface area contributed by atoms with E-state index in [0.717, 1.165) is 0 Å². The van der Waals surface area contributed by atoms with Gasteiger partial charge in [-0.15, -0.1) is 0 Å². The van der Waals surface area contributed by atoms with E-state index in [9.17, 15) is 0 Å². The summed E-state index contributed by atoms with van der Waals surface area (Å²) in [6, 6.07) is 22.3. The second kappa shape index (κ2) is 5.49. The zero-order chi connectivity index (χ0) is 16.8. The minimum Gasteiger partial charge on any atom is -0.0616 e. The molecule has 4 aromatic carbocycles. The van der Waals surface area contributed by atoms with E-state index in [-0.39, 0.29) is 0 Å². The van der Waals surface area contributed by atoms with E-state index in [1.165, 1.54) is 54.9 Å². The van der Waals surface area contributed by atoms with E-state index in [0.29, 0.717) is 0 Å². The van der Waals surface area contributed by atoms with Crippen LogP contribution < -0.4 is 0 Å². The van der Waals surface area contributed by atoms with Crippen molar-refractivity contribution < 1.29 is 0 Å². The summed E-state index contributed by atoms with van der Waals surface area (Å²) in [6.07, 6.45) is 0. The summed E-state index contributed by atoms with van der Waals surface area (Å²) < 4.78 is 0. The average Bonchev–Trinajstić information content (AvgIpc) is 2.57. The van der Waals surface area contributed by atoms with Gasteiger partial charge in [0.1, 0.15) is 0 Å². The molecule has 0 amide bonds. The molecule has 0 fully saturated rings. The summed E-state index contributed by atoms with van der Waals surface area (Å²) in [5.74, 6) is 0. The molecule has 0 nitrogen and oxygen atoms in total. The van der Waals surface area contributed by atoms with Crippen LogP contribution in [0.1, 0.15) is 22.3 Å². The second-order valence-electron chi connectivity index (χ2n) is 6.90. The van der Waals surface area contributed by atoms with Crippen molar-refractivity contribution in [1.29, 1.82) is 0 Å². The minimum atomic E-state index is 1.30. The molecule has 0 radical (unpaired) electrons. The normalized spacial score (nSPS) is 11.3. The van der Waals surface area contributed by atoms with Crippen LogP contribution in [0.25, 0.3) is 32.7 Å². The zero-order valence-corrected chi connectivity index (χ0v) is 14.8. The van der Waals surface area contributed by atoms with Crippen molar-refractivity contribution in [2.24, 2.45) is 0 Å². The molecule has 4 rings (SSSR count). The molecule has 0 unspecified atom stereocenters. The molecule has 118 valence electrons. The molecule has 0 atom stereocenters. The van der Waals surface area contributed by atoms with Gasteiger partial charge in [-0.05, 0) is 77.1 Å². The van der Waals surface area contributed by atoms with Gasteiger partial charge in [-0.3, -0.25) is 0 Å². The molecule has 0 saturated carbocycles. The van der Waals surface area contributed by atoms with E-state index in [1.54, 1.807) is 0 Å². The van der Waals surface area contributed by atoms with Crippen LogP contribution in [-0.4, -0.2) is 0 Å². The first kappa shape index (κ1) is 15.0. The highest BCUT2D eigenvalue weighted by molar-refractivity contribution is 6.08. The number of benzene rings is 4. The summed E-state index contributed by atoms with van der Waals surface area (Å²) in [4.78, 5) is 0. The van der Waals surface area contributed by atoms with Gasteiger partial charge >= 0.3 is 0 Å². The third-order valence-electron chi connectivity index (χ3n) is 5.20. The molecular formula is C24H22. The van der Waals surface area contributed by atoms with Gasteiger partial charge in [0, 0.05) is 0 Å². The minimum absolute atomic E-state index is 1.30. The van der Waals surface area contributed by atoms with Crippen LogP contribution in [-0.2, 0) is 0 Å². The predicted molar refractivity (Wildman–Crippen MR) is 106 cm³/mol. The lowest BCUT2D eigenvalue weighted by Gasteiger charge is -2.18. The Labute approximate surface area is 143 Å². The fraction of sp³-hybridized carbons (Fsp3) is 0.167. The molecule has 0 aliphatic heterocycles. The van der Waals surface area contributed by atoms with Gasteiger partial charge in [-0.2, -0.15) is 0 Å². The summed E-state index contributed by atoms with van der Waals surface area (Å²) in [6.45, 7) is 8.87. The molecule has 0 spiro atoms. The molecule has 0 bridgehead atoms. The Balaban J connectivity index is 2.22. The van der Waals surface area contributed by atoms with Crippen molar-refractivity contribution in [3.8, 4) is 11.1 Å². The van der Waals surface area contributed by atoms with Gasteiger partial charge < -0.3 is 0 Å². The van der Waals surface area contributed by atoms with Crippen LogP contribution in [0.2, 0.25) is 0 Å². The summed E-state index contributed by atoms with van der Waals surface area (Å²) in [5.41, 5.74) is 8.15. The number of rotatable bonds is 1. The van der Waals surface area contributed by atoms with Gasteiger partial charge in [0.2, 0.25) is 0 Å². The highest BCUT2D eigenvalue weighted by Gasteiger charge is 2.15. The van der Waals surface area contributed by atoms with E-state index >= 15 is 0 Å². The summed E-state index contributed by atoms with van der Waals surface area (Å²) in [5, 5.41) is 5.33. The fourth-order valence-corrected chi connectivity index (χ4v) is 3.80. The summed E-state index contributed by atoms with van der Waals surface area (Å²) >= 11 is 0. The number of hydrogen-bond donors (Lipinski definition) is 0. The SMILES string of the molecule is Cc1ccc2c(-c3c(C)ccc4ccccc34)c(C)c(C)cc2c1. The Morgan fingerprint density at radius 2 is 1.29 bits per heavy atom. The Hall–Kier alpha value is -2.60. The van der Waals surface area contributed by atoms with Crippen LogP contribution >= 0.6 is 0 Å². The predicted octanol–water partition coefficient (Wildman–Crippen LogP) is 6.89. The Kier molecular flexibility index (Phi) is 3.42. The third-order valence-corrected chi connectivity index (χ3v) is 5.20. The first-order valence-electron chi connectivity index (χ1n) is 8.55. The number of fused-ring (bicyclic) bond motifs is 2. The van der Waals surface area contributed by atoms with Crippen LogP contribution in [0.3, 0.4) is 0 Å². The maximum atomic E-state index is 2.32. The Morgan fingerprint density at radius 3 is 2.12 bits per heavy atom. The zero-order valence-electron chi connectivity index (χ0n) is 14.8. The van der Waals surface area contributed by atoms with Crippen LogP contribution in [0.4, 0.5) is 0 Å². The Bertz CT molecular complexity index is 1080. The maximum Gasteiger partial charge on any atom is -0.00646 e. The topological polar surface area (TPSA) is 0 Å². The molecule has 0 saturated heterocycles. The molecule has 0 heterocycles. The standard InChI is InChI=1S/C24H22/c1-15-9-12-22-20(13-15)14-17(3)18(4)24(22)23-16(2)10-11-19-7-5-6-8-21(19)23/h5-14H,1-4H3. The van der Waals surface area contributed by atoms with Crippen LogP contribution in [0.5, 0.6) is 0 Å². The summed E-state index contributed by atoms with van der Waals surface area (Å²) in [7, 11) is 0. The highest BCUT2D eigenvalue weighted by atomic mass is 14.2. The Morgan fingerprint density at radius 1 is 0.542 bits per heavy atom. The molecular weight excluding hydrogens is 288 g/mol. The largest absolute Gasteiger partial charge is 0.0616 e. The van der Waals surface area contributed by atoms with Gasteiger partial charge in [-0.25, -0.2) is 0 Å². The molecule has 0 heteroatoms. The second-order valence-corrected chi connectivity index (χ2v) is 6.90. The van der Waals surface area contributed by atoms with Crippen molar-refractivity contribution in [2.75, 3.05) is 0 Å². The lowest BCUT2D eigenvalue weighted by molar-refractivity contribution is 1.35. The molecule has 0 aliphatic carbocycles. The highest BCUT2D eigenvalue weighted by Crippen LogP contribution is 2.40. The van der Waals surface area contributed by atoms with Crippen molar-refractivity contribution in [2.45, 2.75) is 27.7 Å². The lowest BCUT2D eigenvalue weighted by atomic mass is 9.86. The van der Waals surface area contributed by atoms with Crippen molar-refractivity contribution in [1.82, 2.24) is 0 Å². The first-order valence-corrected chi connectivity index (χ1v) is 8.55. The smallest absolute Gasteiger partial charge is 0.00646 e. The van der Waals surface area contributed by atoms with Crippen LogP contribution in [0.15, 0.2) is 60.7 Å². The number of aryl methyl sites for hydroxylation is 3. The van der Waals surface area contributed by atoms with Gasteiger partial charge in [0.25, 0.3) is 0 Å². The van der Waals surface area contributed by atoms with E-state index in [4.69, 9.17) is 0 Å². The quantitative estimate of drug-likeness (QED) is 0.359. The van der Waals surface area contributed by atoms with E-state index in [1.807, 2.05) is 0 Å². The molecule has 0 aliphatic rings. The van der Waals surface area contributed by atoms with Crippen molar-refractivity contribution in [3.05, 3.63) is 82.9 Å². The average molecular weight is 310 g/mol. The third kappa shape index (κ3) is 2.22. The molecule has 0 aromatic heterocycles. The van der Waals surface area contributed by atoms with Gasteiger partial charge in [0.05, 0.1) is 0 Å². The molecule has 0 N–H and O–H groups in total. The van der Waals surface area contributed by atoms with Gasteiger partial charge in [-0.1, -0.05) is 66.2 Å². The lowest BCUT2D eigenvalue weighted by Crippen LogP contribution is -1.94. The maximum absolute atomic E-state index is 2.32. The van der Waals surface area contributed by atoms with Crippen molar-refractivity contribution >= 4 is 21.5 Å². The fourth-order valence-electron chi connectivity index (χ4n) is 3.80. The van der Waals surface area contributed by atoms with Gasteiger partial charge in [0.15, 0.2) is 0 Å². The van der Waals surface area contributed by atoms with Crippen molar-refractivity contribution in [3.63, 3.8) is 0 Å².